The second-order valence-corrected chi connectivity index (χ2v) is 6.53. The monoisotopic (exact) mass is 315 g/mol. The Labute approximate surface area is 136 Å². The van der Waals surface area contributed by atoms with E-state index in [1.54, 1.807) is 9.13 Å². The molecule has 2 atom stereocenters. The highest BCUT2D eigenvalue weighted by Crippen LogP contribution is 2.23. The third-order valence-corrected chi connectivity index (χ3v) is 5.02. The molecule has 0 spiro atoms. The number of fused-ring (bicyclic) bond motifs is 1. The van der Waals surface area contributed by atoms with Gasteiger partial charge in [0.15, 0.2) is 0 Å². The van der Waals surface area contributed by atoms with Crippen molar-refractivity contribution in [3.63, 3.8) is 0 Å². The predicted molar refractivity (Wildman–Crippen MR) is 91.5 cm³/mol. The SMILES string of the molecule is CCn1c(=O)n(CC(=O)N2[C@H](C)CCC[C@H]2C)c2ccccc21. The van der Waals surface area contributed by atoms with Gasteiger partial charge in [-0.2, -0.15) is 0 Å². The van der Waals surface area contributed by atoms with Gasteiger partial charge in [0.05, 0.1) is 11.0 Å². The Kier molecular flexibility index (Phi) is 4.28. The Morgan fingerprint density at radius 3 is 2.22 bits per heavy atom. The maximum Gasteiger partial charge on any atom is 0.329 e. The summed E-state index contributed by atoms with van der Waals surface area (Å²) >= 11 is 0. The van der Waals surface area contributed by atoms with Crippen molar-refractivity contribution in [2.24, 2.45) is 0 Å². The lowest BCUT2D eigenvalue weighted by Crippen LogP contribution is -2.49. The van der Waals surface area contributed by atoms with Gasteiger partial charge in [0.1, 0.15) is 6.54 Å². The second kappa shape index (κ2) is 6.22. The maximum atomic E-state index is 12.8. The largest absolute Gasteiger partial charge is 0.336 e. The lowest BCUT2D eigenvalue weighted by atomic mass is 9.97. The van der Waals surface area contributed by atoms with E-state index >= 15 is 0 Å². The fourth-order valence-corrected chi connectivity index (χ4v) is 3.86. The molecule has 5 heteroatoms. The van der Waals surface area contributed by atoms with Gasteiger partial charge in [-0.15, -0.1) is 0 Å². The topological polar surface area (TPSA) is 47.2 Å². The number of carbonyl (C=O) groups is 1. The highest BCUT2D eigenvalue weighted by Gasteiger charge is 2.29. The van der Waals surface area contributed by atoms with Crippen molar-refractivity contribution in [1.82, 2.24) is 14.0 Å². The van der Waals surface area contributed by atoms with Gasteiger partial charge in [-0.25, -0.2) is 4.79 Å². The molecule has 2 heterocycles. The standard InChI is InChI=1S/C18H25N3O2/c1-4-19-15-10-5-6-11-16(15)20(18(19)23)12-17(22)21-13(2)8-7-9-14(21)3/h5-6,10-11,13-14H,4,7-9,12H2,1-3H3/t13-,14-/m1/s1. The molecule has 0 unspecified atom stereocenters. The molecule has 0 bridgehead atoms. The normalized spacial score (nSPS) is 21.8. The van der Waals surface area contributed by atoms with Crippen molar-refractivity contribution in [3.8, 4) is 0 Å². The van der Waals surface area contributed by atoms with E-state index in [1.807, 2.05) is 36.1 Å². The first kappa shape index (κ1) is 15.8. The molecule has 1 amide bonds. The number of hydrogen-bond acceptors (Lipinski definition) is 2. The van der Waals surface area contributed by atoms with E-state index < -0.39 is 0 Å². The van der Waals surface area contributed by atoms with Crippen LogP contribution in [0.4, 0.5) is 0 Å². The van der Waals surface area contributed by atoms with E-state index in [9.17, 15) is 9.59 Å². The molecular formula is C18H25N3O2. The van der Waals surface area contributed by atoms with Crippen LogP contribution < -0.4 is 5.69 Å². The van der Waals surface area contributed by atoms with Crippen LogP contribution >= 0.6 is 0 Å². The van der Waals surface area contributed by atoms with Crippen LogP contribution in [0.25, 0.3) is 11.0 Å². The number of para-hydroxylation sites is 2. The summed E-state index contributed by atoms with van der Waals surface area (Å²) in [7, 11) is 0. The minimum Gasteiger partial charge on any atom is -0.336 e. The van der Waals surface area contributed by atoms with Crippen LogP contribution in [0.3, 0.4) is 0 Å². The molecule has 23 heavy (non-hydrogen) atoms. The summed E-state index contributed by atoms with van der Waals surface area (Å²) in [6, 6.07) is 8.19. The molecule has 1 aromatic heterocycles. The summed E-state index contributed by atoms with van der Waals surface area (Å²) < 4.78 is 3.35. The van der Waals surface area contributed by atoms with Gasteiger partial charge < -0.3 is 4.90 Å². The molecule has 5 nitrogen and oxygen atoms in total. The summed E-state index contributed by atoms with van der Waals surface area (Å²) in [6.07, 6.45) is 3.25. The summed E-state index contributed by atoms with van der Waals surface area (Å²) in [5, 5.41) is 0. The zero-order valence-electron chi connectivity index (χ0n) is 14.2. The van der Waals surface area contributed by atoms with Gasteiger partial charge in [-0.05, 0) is 52.2 Å². The molecule has 1 aromatic carbocycles. The van der Waals surface area contributed by atoms with Crippen molar-refractivity contribution in [2.75, 3.05) is 0 Å². The van der Waals surface area contributed by atoms with Crippen molar-refractivity contribution in [2.45, 2.75) is 65.2 Å². The third-order valence-electron chi connectivity index (χ3n) is 5.02. The zero-order valence-corrected chi connectivity index (χ0v) is 14.2. The van der Waals surface area contributed by atoms with Gasteiger partial charge in [-0.3, -0.25) is 13.9 Å². The van der Waals surface area contributed by atoms with Gasteiger partial charge in [0.2, 0.25) is 5.91 Å². The van der Waals surface area contributed by atoms with E-state index in [-0.39, 0.29) is 30.2 Å². The molecule has 124 valence electrons. The van der Waals surface area contributed by atoms with Gasteiger partial charge in [0, 0.05) is 18.6 Å². The molecule has 1 saturated heterocycles. The number of likely N-dealkylation sites (tertiary alicyclic amines) is 1. The Bertz CT molecular complexity index is 764. The quantitative estimate of drug-likeness (QED) is 0.874. The maximum absolute atomic E-state index is 12.8. The Morgan fingerprint density at radius 2 is 1.65 bits per heavy atom. The first-order valence-electron chi connectivity index (χ1n) is 8.53. The Balaban J connectivity index is 1.97. The summed E-state index contributed by atoms with van der Waals surface area (Å²) in [6.45, 7) is 6.89. The number of amides is 1. The molecule has 1 aliphatic rings. The summed E-state index contributed by atoms with van der Waals surface area (Å²) in [5.41, 5.74) is 1.64. The van der Waals surface area contributed by atoms with Gasteiger partial charge in [-0.1, -0.05) is 12.1 Å². The van der Waals surface area contributed by atoms with Gasteiger partial charge >= 0.3 is 5.69 Å². The molecule has 0 radical (unpaired) electrons. The smallest absolute Gasteiger partial charge is 0.329 e. The van der Waals surface area contributed by atoms with Crippen LogP contribution in [0.15, 0.2) is 29.1 Å². The van der Waals surface area contributed by atoms with Crippen molar-refractivity contribution >= 4 is 16.9 Å². The fraction of sp³-hybridized carbons (Fsp3) is 0.556. The lowest BCUT2D eigenvalue weighted by Gasteiger charge is -2.39. The summed E-state index contributed by atoms with van der Waals surface area (Å²) in [4.78, 5) is 27.5. The number of rotatable bonds is 3. The Morgan fingerprint density at radius 1 is 1.09 bits per heavy atom. The minimum atomic E-state index is -0.0978. The van der Waals surface area contributed by atoms with Crippen LogP contribution in [0.1, 0.15) is 40.0 Å². The fourth-order valence-electron chi connectivity index (χ4n) is 3.86. The number of piperidine rings is 1. The number of nitrogens with zero attached hydrogens (tertiary/aromatic N) is 3. The van der Waals surface area contributed by atoms with Crippen molar-refractivity contribution in [3.05, 3.63) is 34.7 Å². The highest BCUT2D eigenvalue weighted by molar-refractivity contribution is 5.81. The predicted octanol–water partition coefficient (Wildman–Crippen LogP) is 2.61. The average molecular weight is 315 g/mol. The first-order chi connectivity index (χ1) is 11.0. The van der Waals surface area contributed by atoms with E-state index in [1.165, 1.54) is 6.42 Å². The molecular weight excluding hydrogens is 290 g/mol. The van der Waals surface area contributed by atoms with E-state index in [2.05, 4.69) is 13.8 Å². The highest BCUT2D eigenvalue weighted by atomic mass is 16.2. The first-order valence-corrected chi connectivity index (χ1v) is 8.53. The van der Waals surface area contributed by atoms with Crippen LogP contribution in [-0.2, 0) is 17.9 Å². The number of hydrogen-bond donors (Lipinski definition) is 0. The molecule has 0 aliphatic carbocycles. The lowest BCUT2D eigenvalue weighted by molar-refractivity contribution is -0.137. The molecule has 1 fully saturated rings. The van der Waals surface area contributed by atoms with Crippen molar-refractivity contribution < 1.29 is 4.79 Å². The van der Waals surface area contributed by atoms with Crippen LogP contribution in [-0.4, -0.2) is 32.0 Å². The number of aryl methyl sites for hydroxylation is 1. The van der Waals surface area contributed by atoms with Crippen LogP contribution in [0.2, 0.25) is 0 Å². The zero-order chi connectivity index (χ0) is 16.6. The molecule has 1 aliphatic heterocycles. The van der Waals surface area contributed by atoms with E-state index in [0.29, 0.717) is 6.54 Å². The number of carbonyl (C=O) groups excluding carboxylic acids is 1. The van der Waals surface area contributed by atoms with E-state index in [4.69, 9.17) is 0 Å². The summed E-state index contributed by atoms with van der Waals surface area (Å²) in [5.74, 6) is 0.0470. The third kappa shape index (κ3) is 2.69. The van der Waals surface area contributed by atoms with E-state index in [0.717, 1.165) is 23.9 Å². The van der Waals surface area contributed by atoms with Crippen LogP contribution in [0.5, 0.6) is 0 Å². The molecule has 0 saturated carbocycles. The molecule has 0 N–H and O–H groups in total. The minimum absolute atomic E-state index is 0.0470. The second-order valence-electron chi connectivity index (χ2n) is 6.53. The van der Waals surface area contributed by atoms with Crippen molar-refractivity contribution in [1.29, 1.82) is 0 Å². The van der Waals surface area contributed by atoms with Crippen LogP contribution in [0, 0.1) is 0 Å². The van der Waals surface area contributed by atoms with Gasteiger partial charge in [0.25, 0.3) is 0 Å². The number of benzene rings is 1. The number of aromatic nitrogens is 2. The molecule has 3 rings (SSSR count). The average Bonchev–Trinajstić information content (AvgIpc) is 2.79. The number of imidazole rings is 1. The Hall–Kier alpha value is -2.04. The molecule has 2 aromatic rings.